The molecule has 0 fully saturated rings. The highest BCUT2D eigenvalue weighted by atomic mass is 16.1. The van der Waals surface area contributed by atoms with E-state index in [9.17, 15) is 4.79 Å². The van der Waals surface area contributed by atoms with Gasteiger partial charge in [0.1, 0.15) is 5.69 Å². The van der Waals surface area contributed by atoms with Crippen molar-refractivity contribution in [1.82, 2.24) is 15.3 Å². The normalized spacial score (nSPS) is 11.9. The van der Waals surface area contributed by atoms with Crippen molar-refractivity contribution in [2.24, 2.45) is 0 Å². The van der Waals surface area contributed by atoms with E-state index in [2.05, 4.69) is 22.2 Å². The maximum atomic E-state index is 12.2. The van der Waals surface area contributed by atoms with Crippen molar-refractivity contribution in [3.63, 3.8) is 0 Å². The van der Waals surface area contributed by atoms with Gasteiger partial charge in [-0.05, 0) is 18.9 Å². The molecule has 1 aromatic carbocycles. The molecule has 0 radical (unpaired) electrons. The van der Waals surface area contributed by atoms with Gasteiger partial charge in [0.25, 0.3) is 5.91 Å². The van der Waals surface area contributed by atoms with E-state index in [1.54, 1.807) is 6.20 Å². The Kier molecular flexibility index (Phi) is 4.82. The summed E-state index contributed by atoms with van der Waals surface area (Å²) in [6, 6.07) is 10.0. The Morgan fingerprint density at radius 2 is 1.95 bits per heavy atom. The molecule has 4 heteroatoms. The standard InChI is InChI=1S/C16H19N3O/c1-3-7-14(13-8-5-4-6-9-13)19-16(20)15-11-17-12(2)10-18-15/h4-6,8-11,14H,3,7H2,1-2H3,(H,19,20)/t14-/m0/s1. The lowest BCUT2D eigenvalue weighted by molar-refractivity contribution is 0.0929. The van der Waals surface area contributed by atoms with Crippen LogP contribution in [0.1, 0.15) is 47.6 Å². The molecule has 104 valence electrons. The monoisotopic (exact) mass is 269 g/mol. The minimum Gasteiger partial charge on any atom is -0.344 e. The quantitative estimate of drug-likeness (QED) is 0.907. The number of nitrogens with one attached hydrogen (secondary N) is 1. The third kappa shape index (κ3) is 3.63. The van der Waals surface area contributed by atoms with E-state index in [4.69, 9.17) is 0 Å². The van der Waals surface area contributed by atoms with Gasteiger partial charge >= 0.3 is 0 Å². The first-order valence-electron chi connectivity index (χ1n) is 6.85. The van der Waals surface area contributed by atoms with Crippen molar-refractivity contribution in [3.05, 3.63) is 59.7 Å². The molecule has 2 rings (SSSR count). The summed E-state index contributed by atoms with van der Waals surface area (Å²) in [5.41, 5.74) is 2.27. The van der Waals surface area contributed by atoms with E-state index in [0.717, 1.165) is 24.1 Å². The average molecular weight is 269 g/mol. The molecule has 0 aliphatic heterocycles. The Hall–Kier alpha value is -2.23. The van der Waals surface area contributed by atoms with E-state index in [1.807, 2.05) is 37.3 Å². The van der Waals surface area contributed by atoms with E-state index in [0.29, 0.717) is 5.69 Å². The molecule has 0 saturated carbocycles. The number of carbonyl (C=O) groups excluding carboxylic acids is 1. The second-order valence-electron chi connectivity index (χ2n) is 4.77. The lowest BCUT2D eigenvalue weighted by Gasteiger charge is -2.18. The Morgan fingerprint density at radius 3 is 2.55 bits per heavy atom. The smallest absolute Gasteiger partial charge is 0.271 e. The number of aromatic nitrogens is 2. The Bertz CT molecular complexity index is 552. The molecule has 1 N–H and O–H groups in total. The topological polar surface area (TPSA) is 54.9 Å². The van der Waals surface area contributed by atoms with Crippen molar-refractivity contribution >= 4 is 5.91 Å². The van der Waals surface area contributed by atoms with Crippen LogP contribution in [0, 0.1) is 6.92 Å². The van der Waals surface area contributed by atoms with Gasteiger partial charge < -0.3 is 5.32 Å². The summed E-state index contributed by atoms with van der Waals surface area (Å²) in [7, 11) is 0. The summed E-state index contributed by atoms with van der Waals surface area (Å²) in [5.74, 6) is -0.181. The fraction of sp³-hybridized carbons (Fsp3) is 0.312. The Labute approximate surface area is 119 Å². The van der Waals surface area contributed by atoms with Crippen LogP contribution in [-0.4, -0.2) is 15.9 Å². The molecular formula is C16H19N3O. The van der Waals surface area contributed by atoms with Crippen LogP contribution in [0.5, 0.6) is 0 Å². The highest BCUT2D eigenvalue weighted by Crippen LogP contribution is 2.18. The van der Waals surface area contributed by atoms with Gasteiger partial charge in [0.2, 0.25) is 0 Å². The molecule has 0 bridgehead atoms. The van der Waals surface area contributed by atoms with Crippen molar-refractivity contribution in [2.75, 3.05) is 0 Å². The van der Waals surface area contributed by atoms with E-state index < -0.39 is 0 Å². The van der Waals surface area contributed by atoms with Crippen molar-refractivity contribution in [2.45, 2.75) is 32.7 Å². The fourth-order valence-electron chi connectivity index (χ4n) is 2.04. The van der Waals surface area contributed by atoms with Gasteiger partial charge in [-0.2, -0.15) is 0 Å². The largest absolute Gasteiger partial charge is 0.344 e. The summed E-state index contributed by atoms with van der Waals surface area (Å²) in [6.45, 7) is 3.95. The number of hydrogen-bond acceptors (Lipinski definition) is 3. The van der Waals surface area contributed by atoms with Crippen molar-refractivity contribution in [1.29, 1.82) is 0 Å². The van der Waals surface area contributed by atoms with Crippen LogP contribution in [0.3, 0.4) is 0 Å². The van der Waals surface area contributed by atoms with Gasteiger partial charge in [-0.15, -0.1) is 0 Å². The van der Waals surface area contributed by atoms with E-state index in [1.165, 1.54) is 6.20 Å². The lowest BCUT2D eigenvalue weighted by Crippen LogP contribution is -2.29. The number of aryl methyl sites for hydroxylation is 1. The lowest BCUT2D eigenvalue weighted by atomic mass is 10.0. The van der Waals surface area contributed by atoms with Gasteiger partial charge in [-0.3, -0.25) is 9.78 Å². The number of rotatable bonds is 5. The molecule has 1 atom stereocenters. The number of amides is 1. The number of nitrogens with zero attached hydrogens (tertiary/aromatic N) is 2. The first-order chi connectivity index (χ1) is 9.70. The first-order valence-corrected chi connectivity index (χ1v) is 6.85. The maximum Gasteiger partial charge on any atom is 0.271 e. The number of hydrogen-bond donors (Lipinski definition) is 1. The summed E-state index contributed by atoms with van der Waals surface area (Å²) in [4.78, 5) is 20.4. The van der Waals surface area contributed by atoms with Gasteiger partial charge in [0.05, 0.1) is 17.9 Å². The third-order valence-corrected chi connectivity index (χ3v) is 3.10. The second-order valence-corrected chi connectivity index (χ2v) is 4.77. The van der Waals surface area contributed by atoms with Gasteiger partial charge in [-0.1, -0.05) is 43.7 Å². The van der Waals surface area contributed by atoms with Crippen molar-refractivity contribution < 1.29 is 4.79 Å². The summed E-state index contributed by atoms with van der Waals surface area (Å²) >= 11 is 0. The molecular weight excluding hydrogens is 250 g/mol. The molecule has 1 heterocycles. The zero-order valence-electron chi connectivity index (χ0n) is 11.8. The van der Waals surface area contributed by atoms with Crippen LogP contribution in [0.25, 0.3) is 0 Å². The molecule has 1 amide bonds. The first kappa shape index (κ1) is 14.2. The van der Waals surface area contributed by atoms with Gasteiger partial charge in [-0.25, -0.2) is 4.98 Å². The molecule has 20 heavy (non-hydrogen) atoms. The SMILES string of the molecule is CCC[C@H](NC(=O)c1cnc(C)cn1)c1ccccc1. The number of benzene rings is 1. The predicted octanol–water partition coefficient (Wildman–Crippen LogP) is 3.06. The minimum atomic E-state index is -0.181. The van der Waals surface area contributed by atoms with Crippen LogP contribution in [0.15, 0.2) is 42.7 Å². The highest BCUT2D eigenvalue weighted by Gasteiger charge is 2.15. The molecule has 0 aliphatic carbocycles. The zero-order chi connectivity index (χ0) is 14.4. The third-order valence-electron chi connectivity index (χ3n) is 3.10. The van der Waals surface area contributed by atoms with E-state index >= 15 is 0 Å². The maximum absolute atomic E-state index is 12.2. The van der Waals surface area contributed by atoms with Crippen LogP contribution in [0.4, 0.5) is 0 Å². The molecule has 1 aromatic heterocycles. The molecule has 4 nitrogen and oxygen atoms in total. The number of carbonyl (C=O) groups is 1. The van der Waals surface area contributed by atoms with Gasteiger partial charge in [0, 0.05) is 6.20 Å². The second kappa shape index (κ2) is 6.80. The van der Waals surface area contributed by atoms with Crippen molar-refractivity contribution in [3.8, 4) is 0 Å². The van der Waals surface area contributed by atoms with Gasteiger partial charge in [0.15, 0.2) is 0 Å². The minimum absolute atomic E-state index is 0.0109. The molecule has 0 aliphatic rings. The van der Waals surface area contributed by atoms with Crippen LogP contribution in [-0.2, 0) is 0 Å². The summed E-state index contributed by atoms with van der Waals surface area (Å²) < 4.78 is 0. The van der Waals surface area contributed by atoms with Crippen LogP contribution < -0.4 is 5.32 Å². The molecule has 0 unspecified atom stereocenters. The fourth-order valence-corrected chi connectivity index (χ4v) is 2.04. The summed E-state index contributed by atoms with van der Waals surface area (Å²) in [6.07, 6.45) is 5.01. The summed E-state index contributed by atoms with van der Waals surface area (Å²) in [5, 5.41) is 3.03. The Morgan fingerprint density at radius 1 is 1.20 bits per heavy atom. The Balaban J connectivity index is 2.12. The van der Waals surface area contributed by atoms with Crippen LogP contribution >= 0.6 is 0 Å². The highest BCUT2D eigenvalue weighted by molar-refractivity contribution is 5.92. The zero-order valence-corrected chi connectivity index (χ0v) is 11.8. The average Bonchev–Trinajstić information content (AvgIpc) is 2.48. The van der Waals surface area contributed by atoms with Crippen LogP contribution in [0.2, 0.25) is 0 Å². The molecule has 0 spiro atoms. The van der Waals surface area contributed by atoms with E-state index in [-0.39, 0.29) is 11.9 Å². The molecule has 0 saturated heterocycles. The molecule has 2 aromatic rings. The predicted molar refractivity (Wildman–Crippen MR) is 78.3 cm³/mol.